The molecule has 6 nitrogen and oxygen atoms in total. The molecular weight excluding hydrogens is 404 g/mol. The van der Waals surface area contributed by atoms with Gasteiger partial charge in [0.15, 0.2) is 0 Å². The molecule has 1 amide bonds. The maximum atomic E-state index is 13.2. The molecule has 6 heteroatoms. The van der Waals surface area contributed by atoms with E-state index in [-0.39, 0.29) is 5.91 Å². The third-order valence-electron chi connectivity index (χ3n) is 5.87. The number of methoxy groups -OCH3 is 1. The van der Waals surface area contributed by atoms with Crippen LogP contribution in [0.3, 0.4) is 0 Å². The fourth-order valence-electron chi connectivity index (χ4n) is 3.96. The number of benzene rings is 2. The minimum atomic E-state index is 0.0401. The molecule has 1 aliphatic rings. The molecule has 32 heavy (non-hydrogen) atoms. The zero-order valence-electron chi connectivity index (χ0n) is 19.0. The first-order valence-electron chi connectivity index (χ1n) is 10.9. The normalized spacial score (nSPS) is 14.4. The molecule has 1 fully saturated rings. The molecule has 0 radical (unpaired) electrons. The van der Waals surface area contributed by atoms with Gasteiger partial charge in [-0.3, -0.25) is 9.69 Å². The molecule has 0 saturated carbocycles. The lowest BCUT2D eigenvalue weighted by molar-refractivity contribution is 0.0620. The number of carbonyl (C=O) groups excluding carboxylic acids is 1. The monoisotopic (exact) mass is 434 g/mol. The van der Waals surface area contributed by atoms with Crippen LogP contribution in [-0.2, 0) is 13.2 Å². The number of rotatable bonds is 7. The Morgan fingerprint density at radius 1 is 1.00 bits per heavy atom. The number of furan rings is 1. The highest BCUT2D eigenvalue weighted by Gasteiger charge is 2.23. The topological polar surface area (TPSA) is 55.2 Å². The zero-order chi connectivity index (χ0) is 22.5. The lowest BCUT2D eigenvalue weighted by Crippen LogP contribution is -2.48. The Hall–Kier alpha value is -3.25. The summed E-state index contributed by atoms with van der Waals surface area (Å²) in [4.78, 5) is 17.4. The first kappa shape index (κ1) is 22.0. The molecule has 2 aromatic carbocycles. The van der Waals surface area contributed by atoms with Crippen LogP contribution in [0.25, 0.3) is 0 Å². The molecule has 0 unspecified atom stereocenters. The molecule has 0 aliphatic carbocycles. The molecular formula is C26H30N2O4. The third kappa shape index (κ3) is 5.14. The molecule has 0 atom stereocenters. The highest BCUT2D eigenvalue weighted by Crippen LogP contribution is 2.25. The number of ether oxygens (including phenoxy) is 2. The molecule has 3 aromatic rings. The van der Waals surface area contributed by atoms with Gasteiger partial charge in [-0.25, -0.2) is 0 Å². The minimum Gasteiger partial charge on any atom is -0.496 e. The van der Waals surface area contributed by atoms with E-state index in [9.17, 15) is 4.79 Å². The predicted molar refractivity (Wildman–Crippen MR) is 123 cm³/mol. The zero-order valence-corrected chi connectivity index (χ0v) is 19.0. The summed E-state index contributed by atoms with van der Waals surface area (Å²) in [6.07, 6.45) is 1.69. The lowest BCUT2D eigenvalue weighted by Gasteiger charge is -2.34. The first-order chi connectivity index (χ1) is 15.5. The van der Waals surface area contributed by atoms with Crippen LogP contribution in [0, 0.1) is 13.8 Å². The third-order valence-corrected chi connectivity index (χ3v) is 5.87. The maximum absolute atomic E-state index is 13.2. The van der Waals surface area contributed by atoms with Gasteiger partial charge in [0.05, 0.1) is 19.9 Å². The van der Waals surface area contributed by atoms with Gasteiger partial charge < -0.3 is 18.8 Å². The molecule has 1 aromatic heterocycles. The number of amides is 1. The molecule has 4 rings (SSSR count). The smallest absolute Gasteiger partial charge is 0.253 e. The van der Waals surface area contributed by atoms with Crippen molar-refractivity contribution in [2.45, 2.75) is 27.0 Å². The Kier molecular flexibility index (Phi) is 6.81. The first-order valence-corrected chi connectivity index (χ1v) is 10.9. The van der Waals surface area contributed by atoms with Crippen LogP contribution in [0.5, 0.6) is 11.5 Å². The van der Waals surface area contributed by atoms with Crippen LogP contribution in [-0.4, -0.2) is 49.0 Å². The fraction of sp³-hybridized carbons (Fsp3) is 0.346. The molecule has 168 valence electrons. The van der Waals surface area contributed by atoms with Gasteiger partial charge >= 0.3 is 0 Å². The van der Waals surface area contributed by atoms with Gasteiger partial charge in [-0.15, -0.1) is 0 Å². The van der Waals surface area contributed by atoms with E-state index in [1.165, 1.54) is 0 Å². The van der Waals surface area contributed by atoms with Crippen LogP contribution in [0.4, 0.5) is 0 Å². The van der Waals surface area contributed by atoms with E-state index in [4.69, 9.17) is 13.9 Å². The Morgan fingerprint density at radius 3 is 2.53 bits per heavy atom. The summed E-state index contributed by atoms with van der Waals surface area (Å²) >= 11 is 0. The van der Waals surface area contributed by atoms with Gasteiger partial charge in [0.1, 0.15) is 23.9 Å². The second-order valence-corrected chi connectivity index (χ2v) is 8.23. The second kappa shape index (κ2) is 9.92. The van der Waals surface area contributed by atoms with E-state index in [2.05, 4.69) is 11.0 Å². The molecule has 1 aliphatic heterocycles. The predicted octanol–water partition coefficient (Wildman–Crippen LogP) is 4.44. The fourth-order valence-corrected chi connectivity index (χ4v) is 3.96. The minimum absolute atomic E-state index is 0.0401. The van der Waals surface area contributed by atoms with Crippen molar-refractivity contribution < 1.29 is 18.7 Å². The molecule has 0 bridgehead atoms. The lowest BCUT2D eigenvalue weighted by atomic mass is 10.1. The summed E-state index contributed by atoms with van der Waals surface area (Å²) in [5, 5.41) is 0. The summed E-state index contributed by atoms with van der Waals surface area (Å²) in [6, 6.07) is 15.6. The highest BCUT2D eigenvalue weighted by atomic mass is 16.5. The average molecular weight is 435 g/mol. The van der Waals surface area contributed by atoms with E-state index in [0.29, 0.717) is 25.3 Å². The number of carbonyl (C=O) groups is 1. The van der Waals surface area contributed by atoms with Gasteiger partial charge in [0.2, 0.25) is 0 Å². The van der Waals surface area contributed by atoms with E-state index in [1.54, 1.807) is 13.4 Å². The van der Waals surface area contributed by atoms with Crippen LogP contribution >= 0.6 is 0 Å². The summed E-state index contributed by atoms with van der Waals surface area (Å²) in [5.74, 6) is 2.55. The number of nitrogens with zero attached hydrogens (tertiary/aromatic N) is 2. The van der Waals surface area contributed by atoms with Crippen molar-refractivity contribution in [1.29, 1.82) is 0 Å². The van der Waals surface area contributed by atoms with Crippen LogP contribution in [0.1, 0.15) is 32.8 Å². The Balaban J connectivity index is 1.41. The van der Waals surface area contributed by atoms with Gasteiger partial charge in [0, 0.05) is 37.3 Å². The van der Waals surface area contributed by atoms with Gasteiger partial charge in [-0.2, -0.15) is 0 Å². The SMILES string of the molecule is COc1ccc(C(=O)N2CCN(Cc3ccco3)CC2)cc1COc1cc(C)ccc1C. The largest absolute Gasteiger partial charge is 0.496 e. The van der Waals surface area contributed by atoms with E-state index in [1.807, 2.05) is 61.2 Å². The summed E-state index contributed by atoms with van der Waals surface area (Å²) < 4.78 is 17.0. The Labute approximate surface area is 189 Å². The van der Waals surface area contributed by atoms with Crippen LogP contribution in [0.2, 0.25) is 0 Å². The van der Waals surface area contributed by atoms with Crippen molar-refractivity contribution >= 4 is 5.91 Å². The van der Waals surface area contributed by atoms with Crippen molar-refractivity contribution in [3.05, 3.63) is 82.8 Å². The van der Waals surface area contributed by atoms with E-state index < -0.39 is 0 Å². The van der Waals surface area contributed by atoms with Gasteiger partial charge in [0.25, 0.3) is 5.91 Å². The summed E-state index contributed by atoms with van der Waals surface area (Å²) in [6.45, 7) is 8.22. The second-order valence-electron chi connectivity index (χ2n) is 8.23. The molecule has 1 saturated heterocycles. The molecule has 0 N–H and O–H groups in total. The summed E-state index contributed by atoms with van der Waals surface area (Å²) in [7, 11) is 1.64. The number of aryl methyl sites for hydroxylation is 2. The van der Waals surface area contributed by atoms with E-state index >= 15 is 0 Å². The van der Waals surface area contributed by atoms with Gasteiger partial charge in [-0.1, -0.05) is 12.1 Å². The maximum Gasteiger partial charge on any atom is 0.253 e. The Bertz CT molecular complexity index is 1050. The highest BCUT2D eigenvalue weighted by molar-refractivity contribution is 5.94. The van der Waals surface area contributed by atoms with Crippen molar-refractivity contribution in [3.8, 4) is 11.5 Å². The van der Waals surface area contributed by atoms with Crippen molar-refractivity contribution in [2.24, 2.45) is 0 Å². The van der Waals surface area contributed by atoms with Crippen LogP contribution < -0.4 is 9.47 Å². The molecule has 2 heterocycles. The Morgan fingerprint density at radius 2 is 1.81 bits per heavy atom. The average Bonchev–Trinajstić information content (AvgIpc) is 3.32. The van der Waals surface area contributed by atoms with Gasteiger partial charge in [-0.05, 0) is 61.4 Å². The van der Waals surface area contributed by atoms with E-state index in [0.717, 1.165) is 53.6 Å². The van der Waals surface area contributed by atoms with Crippen molar-refractivity contribution in [3.63, 3.8) is 0 Å². The number of piperazine rings is 1. The molecule has 0 spiro atoms. The van der Waals surface area contributed by atoms with Crippen LogP contribution in [0.15, 0.2) is 59.2 Å². The standard InChI is InChI=1S/C26H30N2O4/c1-19-6-7-20(2)25(15-19)32-18-22-16-21(8-9-24(22)30-3)26(29)28-12-10-27(11-13-28)17-23-5-4-14-31-23/h4-9,14-16H,10-13,17-18H2,1-3H3. The number of hydrogen-bond acceptors (Lipinski definition) is 5. The van der Waals surface area contributed by atoms with Crippen molar-refractivity contribution in [1.82, 2.24) is 9.80 Å². The quantitative estimate of drug-likeness (QED) is 0.550. The van der Waals surface area contributed by atoms with Crippen molar-refractivity contribution in [2.75, 3.05) is 33.3 Å². The number of hydrogen-bond donors (Lipinski definition) is 0. The summed E-state index contributed by atoms with van der Waals surface area (Å²) in [5.41, 5.74) is 3.74.